The molecule has 0 aliphatic carbocycles. The number of benzene rings is 2. The van der Waals surface area contributed by atoms with Crippen LogP contribution in [0.25, 0.3) is 0 Å². The molecule has 0 atom stereocenters. The second-order valence-electron chi connectivity index (χ2n) is 4.19. The Labute approximate surface area is 116 Å². The van der Waals surface area contributed by atoms with Crippen molar-refractivity contribution in [2.24, 2.45) is 0 Å². The van der Waals surface area contributed by atoms with Crippen LogP contribution in [0.5, 0.6) is 5.75 Å². The predicted molar refractivity (Wildman–Crippen MR) is 65.6 cm³/mol. The number of hydrogen-bond donors (Lipinski definition) is 0. The molecule has 21 heavy (non-hydrogen) atoms. The average molecular weight is 304 g/mol. The highest BCUT2D eigenvalue weighted by molar-refractivity contribution is 6.68. The van der Waals surface area contributed by atoms with Gasteiger partial charge in [0.1, 0.15) is 17.4 Å². The van der Waals surface area contributed by atoms with Gasteiger partial charge in [0.05, 0.1) is 7.11 Å². The Hall–Kier alpha value is -2.12. The molecule has 0 aromatic heterocycles. The summed E-state index contributed by atoms with van der Waals surface area (Å²) in [5.41, 5.74) is -1.42. The molecule has 0 saturated carbocycles. The van der Waals surface area contributed by atoms with Crippen molar-refractivity contribution in [3.8, 4) is 5.75 Å². The third-order valence-corrected chi connectivity index (χ3v) is 2.90. The van der Waals surface area contributed by atoms with Gasteiger partial charge in [0.2, 0.25) is 7.28 Å². The zero-order valence-corrected chi connectivity index (χ0v) is 10.6. The van der Waals surface area contributed by atoms with Crippen molar-refractivity contribution in [2.45, 2.75) is 0 Å². The van der Waals surface area contributed by atoms with E-state index in [-0.39, 0.29) is 11.8 Å². The first-order valence-corrected chi connectivity index (χ1v) is 5.69. The van der Waals surface area contributed by atoms with Gasteiger partial charge in [-0.1, -0.05) is 0 Å². The number of hydrogen-bond acceptors (Lipinski definition) is 1. The summed E-state index contributed by atoms with van der Waals surface area (Å²) in [6.07, 6.45) is 0. The van der Waals surface area contributed by atoms with Gasteiger partial charge in [-0.2, -0.15) is 0 Å². The first-order chi connectivity index (χ1) is 9.85. The van der Waals surface area contributed by atoms with Crippen LogP contribution < -0.4 is 15.7 Å². The topological polar surface area (TPSA) is 9.23 Å². The van der Waals surface area contributed by atoms with Crippen molar-refractivity contribution in [2.75, 3.05) is 7.11 Å². The van der Waals surface area contributed by atoms with E-state index in [1.807, 2.05) is 0 Å². The molecule has 2 rings (SSSR count). The van der Waals surface area contributed by atoms with Crippen LogP contribution in [0.1, 0.15) is 0 Å². The summed E-state index contributed by atoms with van der Waals surface area (Å²) in [7, 11) is 0.262. The Balaban J connectivity index is 2.58. The van der Waals surface area contributed by atoms with Crippen LogP contribution in [0, 0.1) is 34.9 Å². The molecule has 1 nitrogen and oxygen atoms in total. The lowest BCUT2D eigenvalue weighted by atomic mass is 9.62. The average Bonchev–Trinajstić information content (AvgIpc) is 2.42. The van der Waals surface area contributed by atoms with Gasteiger partial charge in [0.25, 0.3) is 0 Å². The minimum atomic E-state index is -1.64. The van der Waals surface area contributed by atoms with Gasteiger partial charge in [-0.05, 0) is 10.9 Å². The monoisotopic (exact) mass is 304 g/mol. The van der Waals surface area contributed by atoms with Crippen LogP contribution in [0.3, 0.4) is 0 Å². The SMILES string of the molecule is COc1cc(F)cc(F)c1Bc1c(F)c(F)cc(F)c1F. The van der Waals surface area contributed by atoms with Crippen molar-refractivity contribution in [1.29, 1.82) is 0 Å². The van der Waals surface area contributed by atoms with Gasteiger partial charge in [-0.3, -0.25) is 0 Å². The normalized spacial score (nSPS) is 10.6. The number of rotatable bonds is 3. The Morgan fingerprint density at radius 1 is 0.762 bits per heavy atom. The highest BCUT2D eigenvalue weighted by Gasteiger charge is 2.23. The van der Waals surface area contributed by atoms with Crippen LogP contribution >= 0.6 is 0 Å². The molecule has 0 heterocycles. The third kappa shape index (κ3) is 2.84. The summed E-state index contributed by atoms with van der Waals surface area (Å²) in [6, 6.07) is 1.32. The molecule has 2 aromatic rings. The number of ether oxygens (including phenoxy) is 1. The predicted octanol–water partition coefficient (Wildman–Crippen LogP) is 1.92. The maximum atomic E-state index is 13.7. The Morgan fingerprint density at radius 3 is 1.86 bits per heavy atom. The molecule has 2 aromatic carbocycles. The quantitative estimate of drug-likeness (QED) is 0.478. The molecule has 0 unspecified atom stereocenters. The second kappa shape index (κ2) is 5.71. The molecule has 0 amide bonds. The first kappa shape index (κ1) is 15.3. The molecule has 110 valence electrons. The molecule has 0 saturated heterocycles. The minimum Gasteiger partial charge on any atom is -0.497 e. The van der Waals surface area contributed by atoms with E-state index in [9.17, 15) is 26.3 Å². The van der Waals surface area contributed by atoms with E-state index in [0.29, 0.717) is 6.07 Å². The summed E-state index contributed by atoms with van der Waals surface area (Å²) in [4.78, 5) is 0. The lowest BCUT2D eigenvalue weighted by molar-refractivity contribution is 0.411. The van der Waals surface area contributed by atoms with Gasteiger partial charge in [0.15, 0.2) is 23.3 Å². The van der Waals surface area contributed by atoms with Crippen LogP contribution in [0.4, 0.5) is 26.3 Å². The van der Waals surface area contributed by atoms with Crippen LogP contribution in [-0.2, 0) is 0 Å². The van der Waals surface area contributed by atoms with E-state index < -0.39 is 53.1 Å². The fourth-order valence-corrected chi connectivity index (χ4v) is 1.89. The van der Waals surface area contributed by atoms with E-state index in [1.54, 1.807) is 0 Å². The number of methoxy groups -OCH3 is 1. The summed E-state index contributed by atoms with van der Waals surface area (Å²) in [6.45, 7) is 0. The molecule has 0 bridgehead atoms. The van der Waals surface area contributed by atoms with E-state index in [4.69, 9.17) is 4.74 Å². The van der Waals surface area contributed by atoms with E-state index in [1.165, 1.54) is 0 Å². The smallest absolute Gasteiger partial charge is 0.209 e. The Kier molecular flexibility index (Phi) is 4.15. The van der Waals surface area contributed by atoms with E-state index in [0.717, 1.165) is 13.2 Å². The third-order valence-electron chi connectivity index (χ3n) is 2.90. The van der Waals surface area contributed by atoms with Crippen molar-refractivity contribution >= 4 is 18.2 Å². The van der Waals surface area contributed by atoms with Crippen molar-refractivity contribution in [3.05, 3.63) is 53.1 Å². The summed E-state index contributed by atoms with van der Waals surface area (Å²) < 4.78 is 84.8. The molecular weight excluding hydrogens is 297 g/mol. The Bertz CT molecular complexity index is 678. The van der Waals surface area contributed by atoms with Crippen molar-refractivity contribution in [1.82, 2.24) is 0 Å². The second-order valence-corrected chi connectivity index (χ2v) is 4.19. The van der Waals surface area contributed by atoms with Crippen molar-refractivity contribution < 1.29 is 31.1 Å². The molecule has 0 aliphatic heterocycles. The lowest BCUT2D eigenvalue weighted by Gasteiger charge is -2.11. The molecular formula is C13H7BF6O. The molecule has 8 heteroatoms. The minimum absolute atomic E-state index is 0.0480. The fraction of sp³-hybridized carbons (Fsp3) is 0.0769. The van der Waals surface area contributed by atoms with Crippen LogP contribution in [-0.4, -0.2) is 14.4 Å². The van der Waals surface area contributed by atoms with Gasteiger partial charge in [-0.15, -0.1) is 0 Å². The molecule has 0 aliphatic rings. The summed E-state index contributed by atoms with van der Waals surface area (Å²) >= 11 is 0. The highest BCUT2D eigenvalue weighted by Crippen LogP contribution is 2.14. The molecule has 0 radical (unpaired) electrons. The van der Waals surface area contributed by atoms with Crippen molar-refractivity contribution in [3.63, 3.8) is 0 Å². The largest absolute Gasteiger partial charge is 0.497 e. The molecule has 0 fully saturated rings. The van der Waals surface area contributed by atoms with Crippen LogP contribution in [0.2, 0.25) is 0 Å². The van der Waals surface area contributed by atoms with E-state index >= 15 is 0 Å². The maximum Gasteiger partial charge on any atom is 0.209 e. The summed E-state index contributed by atoms with van der Waals surface area (Å²) in [5, 5.41) is 0. The lowest BCUT2D eigenvalue weighted by Crippen LogP contribution is -2.36. The van der Waals surface area contributed by atoms with Gasteiger partial charge in [0, 0.05) is 18.2 Å². The zero-order chi connectivity index (χ0) is 15.7. The van der Waals surface area contributed by atoms with Gasteiger partial charge < -0.3 is 4.74 Å². The first-order valence-electron chi connectivity index (χ1n) is 5.69. The Morgan fingerprint density at radius 2 is 1.33 bits per heavy atom. The zero-order valence-electron chi connectivity index (χ0n) is 10.6. The van der Waals surface area contributed by atoms with Crippen LogP contribution in [0.15, 0.2) is 18.2 Å². The van der Waals surface area contributed by atoms with Gasteiger partial charge >= 0.3 is 0 Å². The van der Waals surface area contributed by atoms with E-state index in [2.05, 4.69) is 0 Å². The fourth-order valence-electron chi connectivity index (χ4n) is 1.89. The number of halogens is 6. The standard InChI is InChI=1S/C13H7BF6O/c1-21-9-3-5(15)2-6(16)10(9)14-11-12(19)7(17)4-8(18)13(11)20/h2-4,14H,1H3. The molecule has 0 N–H and O–H groups in total. The highest BCUT2D eigenvalue weighted by atomic mass is 19.2. The summed E-state index contributed by atoms with van der Waals surface area (Å²) in [5.74, 6) is -8.92. The van der Waals surface area contributed by atoms with Gasteiger partial charge in [-0.25, -0.2) is 26.3 Å². The molecule has 0 spiro atoms. The maximum absolute atomic E-state index is 13.7.